The summed E-state index contributed by atoms with van der Waals surface area (Å²) in [6, 6.07) is 1.90. The Kier molecular flexibility index (Phi) is 3.86. The lowest BCUT2D eigenvalue weighted by Gasteiger charge is -2.26. The molecule has 0 spiro atoms. The Morgan fingerprint density at radius 1 is 1.59 bits per heavy atom. The molecule has 2 rings (SSSR count). The van der Waals surface area contributed by atoms with Crippen LogP contribution in [0.25, 0.3) is 0 Å². The summed E-state index contributed by atoms with van der Waals surface area (Å²) in [5.41, 5.74) is 6.83. The minimum absolute atomic E-state index is 0.0405. The summed E-state index contributed by atoms with van der Waals surface area (Å²) in [7, 11) is 3.64. The van der Waals surface area contributed by atoms with Crippen LogP contribution in [0.2, 0.25) is 5.02 Å². The van der Waals surface area contributed by atoms with Crippen molar-refractivity contribution in [2.75, 3.05) is 19.9 Å². The summed E-state index contributed by atoms with van der Waals surface area (Å²) >= 11 is 5.97. The molecule has 2 atom stereocenters. The maximum atomic E-state index is 5.97. The second kappa shape index (κ2) is 5.21. The molecule has 0 bridgehead atoms. The fourth-order valence-corrected chi connectivity index (χ4v) is 2.40. The van der Waals surface area contributed by atoms with Crippen LogP contribution in [0, 0.1) is 5.92 Å². The van der Waals surface area contributed by atoms with Gasteiger partial charge in [0.25, 0.3) is 0 Å². The van der Waals surface area contributed by atoms with Gasteiger partial charge < -0.3 is 15.8 Å². The number of halogens is 1. The molecule has 1 heterocycles. The zero-order chi connectivity index (χ0) is 12.4. The third-order valence-electron chi connectivity index (χ3n) is 3.25. The third-order valence-corrected chi connectivity index (χ3v) is 3.46. The van der Waals surface area contributed by atoms with Crippen LogP contribution in [-0.2, 0) is 4.74 Å². The van der Waals surface area contributed by atoms with Crippen LogP contribution in [0.1, 0.15) is 24.4 Å². The molecule has 0 saturated heterocycles. The molecule has 0 radical (unpaired) electrons. The van der Waals surface area contributed by atoms with Gasteiger partial charge in [-0.25, -0.2) is 4.98 Å². The number of nitrogens with one attached hydrogen (secondary N) is 1. The average molecular weight is 256 g/mol. The lowest BCUT2D eigenvalue weighted by Crippen LogP contribution is -2.33. The maximum Gasteiger partial charge on any atom is 0.128 e. The Bertz CT molecular complexity index is 395. The maximum absolute atomic E-state index is 5.97. The highest BCUT2D eigenvalue weighted by molar-refractivity contribution is 6.30. The van der Waals surface area contributed by atoms with Gasteiger partial charge in [0, 0.05) is 18.9 Å². The largest absolute Gasteiger partial charge is 0.383 e. The van der Waals surface area contributed by atoms with Crippen LogP contribution in [-0.4, -0.2) is 25.2 Å². The smallest absolute Gasteiger partial charge is 0.128 e. The number of nitrogens with zero attached hydrogens (tertiary/aromatic N) is 1. The van der Waals surface area contributed by atoms with Crippen molar-refractivity contribution in [2.24, 2.45) is 5.92 Å². The van der Waals surface area contributed by atoms with Crippen molar-refractivity contribution >= 4 is 17.4 Å². The van der Waals surface area contributed by atoms with Crippen molar-refractivity contribution in [1.29, 1.82) is 0 Å². The van der Waals surface area contributed by atoms with E-state index < -0.39 is 0 Å². The van der Waals surface area contributed by atoms with Crippen molar-refractivity contribution in [3.8, 4) is 0 Å². The molecule has 17 heavy (non-hydrogen) atoms. The second-order valence-electron chi connectivity index (χ2n) is 4.43. The molecule has 5 heteroatoms. The Labute approximate surface area is 107 Å². The van der Waals surface area contributed by atoms with E-state index in [-0.39, 0.29) is 12.1 Å². The Balaban J connectivity index is 2.29. The van der Waals surface area contributed by atoms with E-state index in [1.165, 1.54) is 12.8 Å². The zero-order valence-corrected chi connectivity index (χ0v) is 10.9. The molecule has 0 aromatic carbocycles. The quantitative estimate of drug-likeness (QED) is 0.845. The van der Waals surface area contributed by atoms with E-state index in [0.717, 1.165) is 5.56 Å². The monoisotopic (exact) mass is 255 g/mol. The third kappa shape index (κ3) is 2.70. The fraction of sp³-hybridized carbons (Fsp3) is 0.583. The highest BCUT2D eigenvalue weighted by atomic mass is 35.5. The number of likely N-dealkylation sites (N-methyl/N-ethyl adjacent to an activating group) is 1. The molecule has 1 fully saturated rings. The number of pyridine rings is 1. The molecule has 2 unspecified atom stereocenters. The summed E-state index contributed by atoms with van der Waals surface area (Å²) in [6.07, 6.45) is 4.11. The first kappa shape index (κ1) is 12.6. The summed E-state index contributed by atoms with van der Waals surface area (Å²) in [4.78, 5) is 4.09. The Morgan fingerprint density at radius 3 is 2.82 bits per heavy atom. The van der Waals surface area contributed by atoms with Gasteiger partial charge in [-0.05, 0) is 31.9 Å². The van der Waals surface area contributed by atoms with E-state index in [0.29, 0.717) is 16.8 Å². The Morgan fingerprint density at radius 2 is 2.29 bits per heavy atom. The van der Waals surface area contributed by atoms with Crippen LogP contribution in [0.3, 0.4) is 0 Å². The van der Waals surface area contributed by atoms with Gasteiger partial charge in [-0.2, -0.15) is 0 Å². The summed E-state index contributed by atoms with van der Waals surface area (Å²) < 4.78 is 5.59. The van der Waals surface area contributed by atoms with Gasteiger partial charge in [-0.15, -0.1) is 0 Å². The molecule has 0 aliphatic heterocycles. The predicted octanol–water partition coefficient (Wildman–Crippen LogP) is 2.00. The van der Waals surface area contributed by atoms with Crippen molar-refractivity contribution in [2.45, 2.75) is 25.0 Å². The van der Waals surface area contributed by atoms with Gasteiger partial charge in [0.05, 0.1) is 17.2 Å². The van der Waals surface area contributed by atoms with E-state index in [1.54, 1.807) is 13.3 Å². The molecule has 1 aromatic heterocycles. The number of methoxy groups -OCH3 is 1. The highest BCUT2D eigenvalue weighted by Gasteiger charge is 2.37. The van der Waals surface area contributed by atoms with Gasteiger partial charge >= 0.3 is 0 Å². The molecule has 4 nitrogen and oxygen atoms in total. The van der Waals surface area contributed by atoms with Crippen LogP contribution < -0.4 is 11.1 Å². The summed E-state index contributed by atoms with van der Waals surface area (Å²) in [5, 5.41) is 3.85. The van der Waals surface area contributed by atoms with Crippen molar-refractivity contribution in [3.05, 3.63) is 22.8 Å². The van der Waals surface area contributed by atoms with Gasteiger partial charge in [0.2, 0.25) is 0 Å². The van der Waals surface area contributed by atoms with Crippen molar-refractivity contribution in [3.63, 3.8) is 0 Å². The van der Waals surface area contributed by atoms with Gasteiger partial charge in [-0.1, -0.05) is 11.6 Å². The van der Waals surface area contributed by atoms with Crippen LogP contribution in [0.5, 0.6) is 0 Å². The standard InChI is InChI=1S/C12H18ClN3O/c1-15-10(11(17-2)7-3-4-7)9-5-8(13)6-16-12(9)14/h5-7,10-11,15H,3-4H2,1-2H3,(H2,14,16). The number of nitrogen functional groups attached to an aromatic ring is 1. The van der Waals surface area contributed by atoms with E-state index in [9.17, 15) is 0 Å². The SMILES string of the molecule is CNC(c1cc(Cl)cnc1N)C(OC)C1CC1. The highest BCUT2D eigenvalue weighted by Crippen LogP contribution is 2.40. The molecule has 1 aliphatic rings. The number of nitrogens with two attached hydrogens (primary N) is 1. The minimum atomic E-state index is 0.0405. The molecular weight excluding hydrogens is 238 g/mol. The predicted molar refractivity (Wildman–Crippen MR) is 69.0 cm³/mol. The van der Waals surface area contributed by atoms with E-state index >= 15 is 0 Å². The number of hydrogen-bond donors (Lipinski definition) is 2. The molecule has 1 aromatic rings. The number of rotatable bonds is 5. The van der Waals surface area contributed by atoms with Gasteiger partial charge in [0.1, 0.15) is 5.82 Å². The van der Waals surface area contributed by atoms with Crippen molar-refractivity contribution in [1.82, 2.24) is 10.3 Å². The number of ether oxygens (including phenoxy) is 1. The van der Waals surface area contributed by atoms with E-state index in [1.807, 2.05) is 13.1 Å². The van der Waals surface area contributed by atoms with Crippen LogP contribution in [0.15, 0.2) is 12.3 Å². The summed E-state index contributed by atoms with van der Waals surface area (Å²) in [6.45, 7) is 0. The fourth-order valence-electron chi connectivity index (χ4n) is 2.24. The molecule has 1 aliphatic carbocycles. The van der Waals surface area contributed by atoms with Gasteiger partial charge in [-0.3, -0.25) is 0 Å². The number of aromatic nitrogens is 1. The number of hydrogen-bond acceptors (Lipinski definition) is 4. The molecule has 0 amide bonds. The average Bonchev–Trinajstić information content (AvgIpc) is 3.13. The molecule has 1 saturated carbocycles. The lowest BCUT2D eigenvalue weighted by atomic mass is 9.98. The minimum Gasteiger partial charge on any atom is -0.383 e. The first-order chi connectivity index (χ1) is 8.17. The number of anilines is 1. The lowest BCUT2D eigenvalue weighted by molar-refractivity contribution is 0.0532. The molecule has 3 N–H and O–H groups in total. The summed E-state index contributed by atoms with van der Waals surface area (Å²) in [5.74, 6) is 1.12. The zero-order valence-electron chi connectivity index (χ0n) is 10.1. The van der Waals surface area contributed by atoms with E-state index in [2.05, 4.69) is 10.3 Å². The second-order valence-corrected chi connectivity index (χ2v) is 4.87. The van der Waals surface area contributed by atoms with Gasteiger partial charge in [0.15, 0.2) is 0 Å². The van der Waals surface area contributed by atoms with Crippen LogP contribution >= 0.6 is 11.6 Å². The normalized spacial score (nSPS) is 19.0. The van der Waals surface area contributed by atoms with E-state index in [4.69, 9.17) is 22.1 Å². The molecular formula is C12H18ClN3O. The molecule has 94 valence electrons. The Hall–Kier alpha value is -0.840. The first-order valence-corrected chi connectivity index (χ1v) is 6.16. The topological polar surface area (TPSA) is 60.2 Å². The van der Waals surface area contributed by atoms with Crippen LogP contribution in [0.4, 0.5) is 5.82 Å². The first-order valence-electron chi connectivity index (χ1n) is 5.78. The van der Waals surface area contributed by atoms with Crippen molar-refractivity contribution < 1.29 is 4.74 Å².